The van der Waals surface area contributed by atoms with E-state index in [1.165, 1.54) is 17.5 Å². The third-order valence-corrected chi connectivity index (χ3v) is 2.99. The Morgan fingerprint density at radius 2 is 2.00 bits per heavy atom. The highest BCUT2D eigenvalue weighted by Crippen LogP contribution is 2.16. The van der Waals surface area contributed by atoms with Crippen LogP contribution in [-0.2, 0) is 17.6 Å². The van der Waals surface area contributed by atoms with E-state index >= 15 is 0 Å². The topological polar surface area (TPSA) is 54.9 Å². The maximum atomic E-state index is 11.9. The maximum absolute atomic E-state index is 11.9. The molecule has 4 nitrogen and oxygen atoms in total. The van der Waals surface area contributed by atoms with Gasteiger partial charge in [0.2, 0.25) is 5.91 Å². The van der Waals surface area contributed by atoms with Gasteiger partial charge in [0.05, 0.1) is 6.42 Å². The predicted octanol–water partition coefficient (Wildman–Crippen LogP) is 2.53. The first-order valence-corrected chi connectivity index (χ1v) is 6.32. The van der Waals surface area contributed by atoms with Gasteiger partial charge in [0.15, 0.2) is 0 Å². The van der Waals surface area contributed by atoms with Crippen molar-refractivity contribution in [1.29, 1.82) is 0 Å². The third kappa shape index (κ3) is 3.61. The molecule has 2 rings (SSSR count). The SMILES string of the molecule is CCc1cc(NC(=O)Cc2cncnc2)ccc1C. The van der Waals surface area contributed by atoms with Crippen molar-refractivity contribution < 1.29 is 4.79 Å². The second-order valence-corrected chi connectivity index (χ2v) is 4.47. The Balaban J connectivity index is 2.03. The first-order chi connectivity index (χ1) is 9.19. The fourth-order valence-corrected chi connectivity index (χ4v) is 1.94. The standard InChI is InChI=1S/C15H17N3O/c1-3-13-7-14(5-4-11(13)2)18-15(19)6-12-8-16-10-17-9-12/h4-5,7-10H,3,6H2,1-2H3,(H,18,19). The summed E-state index contributed by atoms with van der Waals surface area (Å²) in [6, 6.07) is 5.97. The van der Waals surface area contributed by atoms with Crippen LogP contribution in [0.1, 0.15) is 23.6 Å². The fourth-order valence-electron chi connectivity index (χ4n) is 1.94. The Bertz CT molecular complexity index is 567. The van der Waals surface area contributed by atoms with E-state index in [2.05, 4.69) is 29.1 Å². The van der Waals surface area contributed by atoms with E-state index in [1.807, 2.05) is 18.2 Å². The molecular weight excluding hydrogens is 238 g/mol. The highest BCUT2D eigenvalue weighted by molar-refractivity contribution is 5.92. The quantitative estimate of drug-likeness (QED) is 0.913. The largest absolute Gasteiger partial charge is 0.326 e. The minimum absolute atomic E-state index is 0.0549. The summed E-state index contributed by atoms with van der Waals surface area (Å²) in [4.78, 5) is 19.7. The Hall–Kier alpha value is -2.23. The molecule has 0 aliphatic carbocycles. The molecule has 1 amide bonds. The Morgan fingerprint density at radius 3 is 2.68 bits per heavy atom. The molecule has 0 spiro atoms. The zero-order valence-corrected chi connectivity index (χ0v) is 11.2. The lowest BCUT2D eigenvalue weighted by molar-refractivity contribution is -0.115. The average molecular weight is 255 g/mol. The number of carbonyl (C=O) groups excluding carboxylic acids is 1. The molecule has 0 saturated heterocycles. The number of rotatable bonds is 4. The summed E-state index contributed by atoms with van der Waals surface area (Å²) in [5.74, 6) is -0.0549. The first kappa shape index (κ1) is 13.2. The van der Waals surface area contributed by atoms with Crippen molar-refractivity contribution in [1.82, 2.24) is 9.97 Å². The number of aryl methyl sites for hydroxylation is 2. The van der Waals surface area contributed by atoms with E-state index in [0.717, 1.165) is 17.7 Å². The van der Waals surface area contributed by atoms with Crippen LogP contribution in [0.15, 0.2) is 36.9 Å². The van der Waals surface area contributed by atoms with Gasteiger partial charge in [-0.1, -0.05) is 13.0 Å². The van der Waals surface area contributed by atoms with Crippen molar-refractivity contribution in [2.75, 3.05) is 5.32 Å². The van der Waals surface area contributed by atoms with Gasteiger partial charge in [-0.05, 0) is 42.2 Å². The predicted molar refractivity (Wildman–Crippen MR) is 74.9 cm³/mol. The first-order valence-electron chi connectivity index (χ1n) is 6.32. The molecular formula is C15H17N3O. The molecule has 0 bridgehead atoms. The molecule has 19 heavy (non-hydrogen) atoms. The number of hydrogen-bond donors (Lipinski definition) is 1. The Labute approximate surface area is 112 Å². The summed E-state index contributed by atoms with van der Waals surface area (Å²) >= 11 is 0. The molecule has 4 heteroatoms. The summed E-state index contributed by atoms with van der Waals surface area (Å²) < 4.78 is 0. The van der Waals surface area contributed by atoms with E-state index < -0.39 is 0 Å². The van der Waals surface area contributed by atoms with Crippen LogP contribution >= 0.6 is 0 Å². The van der Waals surface area contributed by atoms with Crippen LogP contribution in [0.4, 0.5) is 5.69 Å². The lowest BCUT2D eigenvalue weighted by Crippen LogP contribution is -2.14. The zero-order valence-electron chi connectivity index (χ0n) is 11.2. The molecule has 1 N–H and O–H groups in total. The van der Waals surface area contributed by atoms with E-state index in [-0.39, 0.29) is 12.3 Å². The summed E-state index contributed by atoms with van der Waals surface area (Å²) in [7, 11) is 0. The fraction of sp³-hybridized carbons (Fsp3) is 0.267. The van der Waals surface area contributed by atoms with Crippen molar-refractivity contribution in [3.8, 4) is 0 Å². The van der Waals surface area contributed by atoms with Gasteiger partial charge in [-0.3, -0.25) is 4.79 Å². The highest BCUT2D eigenvalue weighted by Gasteiger charge is 2.05. The smallest absolute Gasteiger partial charge is 0.228 e. The molecule has 1 heterocycles. The minimum atomic E-state index is -0.0549. The van der Waals surface area contributed by atoms with Crippen LogP contribution in [0.5, 0.6) is 0 Å². The van der Waals surface area contributed by atoms with E-state index in [4.69, 9.17) is 0 Å². The van der Waals surface area contributed by atoms with Gasteiger partial charge in [0, 0.05) is 18.1 Å². The highest BCUT2D eigenvalue weighted by atomic mass is 16.1. The molecule has 0 fully saturated rings. The number of hydrogen-bond acceptors (Lipinski definition) is 3. The molecule has 1 aromatic heterocycles. The van der Waals surface area contributed by atoms with Gasteiger partial charge in [0.1, 0.15) is 6.33 Å². The number of benzene rings is 1. The summed E-state index contributed by atoms with van der Waals surface area (Å²) in [5, 5.41) is 2.90. The number of aromatic nitrogens is 2. The number of amides is 1. The number of carbonyl (C=O) groups is 1. The Kier molecular flexibility index (Phi) is 4.23. The second kappa shape index (κ2) is 6.09. The molecule has 0 saturated carbocycles. The van der Waals surface area contributed by atoms with Crippen LogP contribution < -0.4 is 5.32 Å². The zero-order chi connectivity index (χ0) is 13.7. The summed E-state index contributed by atoms with van der Waals surface area (Å²) in [6.07, 6.45) is 6.01. The average Bonchev–Trinajstić information content (AvgIpc) is 2.42. The van der Waals surface area contributed by atoms with Crippen molar-refractivity contribution in [3.05, 3.63) is 53.6 Å². The second-order valence-electron chi connectivity index (χ2n) is 4.47. The van der Waals surface area contributed by atoms with E-state index in [9.17, 15) is 4.79 Å². The molecule has 1 aromatic carbocycles. The summed E-state index contributed by atoms with van der Waals surface area (Å²) in [5.41, 5.74) is 4.14. The van der Waals surface area contributed by atoms with Gasteiger partial charge in [-0.25, -0.2) is 9.97 Å². The van der Waals surface area contributed by atoms with E-state index in [1.54, 1.807) is 12.4 Å². The van der Waals surface area contributed by atoms with Crippen LogP contribution in [0.25, 0.3) is 0 Å². The normalized spacial score (nSPS) is 10.2. The van der Waals surface area contributed by atoms with Gasteiger partial charge in [-0.15, -0.1) is 0 Å². The molecule has 0 radical (unpaired) electrons. The monoisotopic (exact) mass is 255 g/mol. The van der Waals surface area contributed by atoms with E-state index in [0.29, 0.717) is 0 Å². The Morgan fingerprint density at radius 1 is 1.26 bits per heavy atom. The van der Waals surface area contributed by atoms with Crippen molar-refractivity contribution in [2.24, 2.45) is 0 Å². The summed E-state index contributed by atoms with van der Waals surface area (Å²) in [6.45, 7) is 4.18. The van der Waals surface area contributed by atoms with Gasteiger partial charge >= 0.3 is 0 Å². The molecule has 0 aliphatic rings. The van der Waals surface area contributed by atoms with Crippen LogP contribution in [0, 0.1) is 6.92 Å². The van der Waals surface area contributed by atoms with Gasteiger partial charge in [0.25, 0.3) is 0 Å². The van der Waals surface area contributed by atoms with Crippen molar-refractivity contribution in [2.45, 2.75) is 26.7 Å². The van der Waals surface area contributed by atoms with Crippen molar-refractivity contribution >= 4 is 11.6 Å². The van der Waals surface area contributed by atoms with Gasteiger partial charge < -0.3 is 5.32 Å². The molecule has 0 unspecified atom stereocenters. The minimum Gasteiger partial charge on any atom is -0.326 e. The van der Waals surface area contributed by atoms with Gasteiger partial charge in [-0.2, -0.15) is 0 Å². The van der Waals surface area contributed by atoms with Crippen LogP contribution in [0.3, 0.4) is 0 Å². The molecule has 98 valence electrons. The number of nitrogens with one attached hydrogen (secondary N) is 1. The van der Waals surface area contributed by atoms with Crippen LogP contribution in [-0.4, -0.2) is 15.9 Å². The molecule has 0 atom stereocenters. The lowest BCUT2D eigenvalue weighted by atomic mass is 10.1. The maximum Gasteiger partial charge on any atom is 0.228 e. The third-order valence-electron chi connectivity index (χ3n) is 2.99. The lowest BCUT2D eigenvalue weighted by Gasteiger charge is -2.08. The molecule has 0 aliphatic heterocycles. The number of nitrogens with zero attached hydrogens (tertiary/aromatic N) is 2. The van der Waals surface area contributed by atoms with Crippen molar-refractivity contribution in [3.63, 3.8) is 0 Å². The molecule has 2 aromatic rings. The number of anilines is 1. The van der Waals surface area contributed by atoms with Crippen LogP contribution in [0.2, 0.25) is 0 Å².